The molecule has 1 aromatic carbocycles. The van der Waals surface area contributed by atoms with Gasteiger partial charge in [-0.05, 0) is 12.5 Å². The number of ether oxygens (including phenoxy) is 1. The Kier molecular flexibility index (Phi) is 4.03. The maximum Gasteiger partial charge on any atom is 0.139 e. The molecule has 2 N–H and O–H groups in total. The first-order valence-corrected chi connectivity index (χ1v) is 7.08. The second kappa shape index (κ2) is 5.09. The van der Waals surface area contributed by atoms with E-state index < -0.39 is 0 Å². The van der Waals surface area contributed by atoms with E-state index in [0.717, 1.165) is 12.8 Å². The van der Waals surface area contributed by atoms with Crippen molar-refractivity contribution in [2.75, 3.05) is 0 Å². The van der Waals surface area contributed by atoms with Crippen molar-refractivity contribution < 1.29 is 4.74 Å². The van der Waals surface area contributed by atoms with E-state index >= 15 is 0 Å². The number of halogens is 3. The molecule has 3 atom stereocenters. The lowest BCUT2D eigenvalue weighted by Crippen LogP contribution is -2.61. The lowest BCUT2D eigenvalue weighted by atomic mass is 9.62. The number of rotatable bonds is 3. The summed E-state index contributed by atoms with van der Waals surface area (Å²) in [5.41, 5.74) is 6.04. The van der Waals surface area contributed by atoms with Gasteiger partial charge in [0.05, 0.1) is 15.1 Å². The van der Waals surface area contributed by atoms with Gasteiger partial charge in [0.1, 0.15) is 11.9 Å². The summed E-state index contributed by atoms with van der Waals surface area (Å²) in [6.45, 7) is 4.25. The number of hydrogen-bond donors (Lipinski definition) is 1. The standard InChI is InChI=1S/C13H16Cl3NO/c1-3-13(2)11(17)6-12(13)18-10-5-8(15)7(14)4-9(10)16/h4-5,11-12H,3,6,17H2,1-2H3. The highest BCUT2D eigenvalue weighted by molar-refractivity contribution is 6.43. The summed E-state index contributed by atoms with van der Waals surface area (Å²) in [5, 5.41) is 1.35. The first-order valence-electron chi connectivity index (χ1n) is 5.95. The average molecular weight is 309 g/mol. The van der Waals surface area contributed by atoms with Gasteiger partial charge in [0.25, 0.3) is 0 Å². The quantitative estimate of drug-likeness (QED) is 0.832. The van der Waals surface area contributed by atoms with E-state index in [-0.39, 0.29) is 17.6 Å². The third-order valence-corrected chi connectivity index (χ3v) is 5.07. The minimum atomic E-state index is -0.00452. The third-order valence-electron chi connectivity index (χ3n) is 4.06. The molecule has 0 saturated heterocycles. The predicted octanol–water partition coefficient (Wildman–Crippen LogP) is 4.54. The minimum absolute atomic E-state index is 0.00452. The van der Waals surface area contributed by atoms with Gasteiger partial charge in [-0.25, -0.2) is 0 Å². The Morgan fingerprint density at radius 3 is 2.44 bits per heavy atom. The Morgan fingerprint density at radius 2 is 1.89 bits per heavy atom. The minimum Gasteiger partial charge on any atom is -0.488 e. The molecular formula is C13H16Cl3NO. The van der Waals surface area contributed by atoms with E-state index in [1.807, 2.05) is 0 Å². The predicted molar refractivity (Wildman–Crippen MR) is 76.9 cm³/mol. The molecule has 0 aromatic heterocycles. The maximum absolute atomic E-state index is 6.10. The van der Waals surface area contributed by atoms with Crippen LogP contribution in [0.25, 0.3) is 0 Å². The van der Waals surface area contributed by atoms with Crippen molar-refractivity contribution in [1.29, 1.82) is 0 Å². The molecule has 1 aliphatic carbocycles. The monoisotopic (exact) mass is 307 g/mol. The summed E-state index contributed by atoms with van der Waals surface area (Å²) in [5.74, 6) is 0.572. The summed E-state index contributed by atoms with van der Waals surface area (Å²) in [4.78, 5) is 0. The lowest BCUT2D eigenvalue weighted by Gasteiger charge is -2.51. The summed E-state index contributed by atoms with van der Waals surface area (Å²) < 4.78 is 5.94. The van der Waals surface area contributed by atoms with Crippen LogP contribution in [-0.4, -0.2) is 12.1 Å². The fraction of sp³-hybridized carbons (Fsp3) is 0.538. The summed E-state index contributed by atoms with van der Waals surface area (Å²) >= 11 is 18.0. The molecule has 0 radical (unpaired) electrons. The van der Waals surface area contributed by atoms with Gasteiger partial charge in [0.2, 0.25) is 0 Å². The molecule has 1 fully saturated rings. The number of benzene rings is 1. The van der Waals surface area contributed by atoms with Gasteiger partial charge in [-0.1, -0.05) is 48.7 Å². The van der Waals surface area contributed by atoms with Crippen LogP contribution >= 0.6 is 34.8 Å². The molecule has 1 saturated carbocycles. The normalized spacial score (nSPS) is 31.0. The zero-order valence-electron chi connectivity index (χ0n) is 10.3. The van der Waals surface area contributed by atoms with Gasteiger partial charge in [0, 0.05) is 23.9 Å². The van der Waals surface area contributed by atoms with Crippen LogP contribution in [0.5, 0.6) is 5.75 Å². The zero-order chi connectivity index (χ0) is 13.5. The van der Waals surface area contributed by atoms with E-state index in [1.54, 1.807) is 12.1 Å². The first-order chi connectivity index (χ1) is 8.38. The van der Waals surface area contributed by atoms with Crippen molar-refractivity contribution in [3.8, 4) is 5.75 Å². The van der Waals surface area contributed by atoms with E-state index in [9.17, 15) is 0 Å². The molecule has 0 bridgehead atoms. The van der Waals surface area contributed by atoms with Crippen molar-refractivity contribution in [3.05, 3.63) is 27.2 Å². The fourth-order valence-corrected chi connectivity index (χ4v) is 2.85. The summed E-state index contributed by atoms with van der Waals surface area (Å²) in [6.07, 6.45) is 1.88. The van der Waals surface area contributed by atoms with E-state index in [4.69, 9.17) is 45.3 Å². The van der Waals surface area contributed by atoms with E-state index in [1.165, 1.54) is 0 Å². The smallest absolute Gasteiger partial charge is 0.139 e. The highest BCUT2D eigenvalue weighted by atomic mass is 35.5. The summed E-state index contributed by atoms with van der Waals surface area (Å²) in [6, 6.07) is 3.43. The summed E-state index contributed by atoms with van der Waals surface area (Å²) in [7, 11) is 0. The van der Waals surface area contributed by atoms with Crippen LogP contribution in [0.4, 0.5) is 0 Å². The highest BCUT2D eigenvalue weighted by Crippen LogP contribution is 2.46. The molecule has 0 amide bonds. The van der Waals surface area contributed by atoms with Crippen molar-refractivity contribution >= 4 is 34.8 Å². The molecule has 2 rings (SSSR count). The molecule has 5 heteroatoms. The molecule has 3 unspecified atom stereocenters. The lowest BCUT2D eigenvalue weighted by molar-refractivity contribution is -0.0559. The molecule has 1 aromatic rings. The Hall–Kier alpha value is -0.150. The van der Waals surface area contributed by atoms with Crippen LogP contribution in [0.2, 0.25) is 15.1 Å². The Morgan fingerprint density at radius 1 is 1.28 bits per heavy atom. The molecule has 1 aliphatic rings. The van der Waals surface area contributed by atoms with Gasteiger partial charge >= 0.3 is 0 Å². The number of hydrogen-bond acceptors (Lipinski definition) is 2. The van der Waals surface area contributed by atoms with Gasteiger partial charge < -0.3 is 10.5 Å². The van der Waals surface area contributed by atoms with Gasteiger partial charge in [-0.15, -0.1) is 0 Å². The zero-order valence-corrected chi connectivity index (χ0v) is 12.6. The number of nitrogens with two attached hydrogens (primary N) is 1. The highest BCUT2D eigenvalue weighted by Gasteiger charge is 2.50. The molecule has 0 spiro atoms. The molecule has 2 nitrogen and oxygen atoms in total. The van der Waals surface area contributed by atoms with Crippen LogP contribution < -0.4 is 10.5 Å². The fourth-order valence-electron chi connectivity index (χ4n) is 2.27. The van der Waals surface area contributed by atoms with E-state index in [2.05, 4.69) is 13.8 Å². The van der Waals surface area contributed by atoms with Gasteiger partial charge in [-0.2, -0.15) is 0 Å². The Labute approximate surface area is 122 Å². The molecule has 0 aliphatic heterocycles. The van der Waals surface area contributed by atoms with Crippen molar-refractivity contribution in [2.45, 2.75) is 38.8 Å². The van der Waals surface area contributed by atoms with Crippen LogP contribution in [0.1, 0.15) is 26.7 Å². The first kappa shape index (κ1) is 14.3. The SMILES string of the molecule is CCC1(C)C(N)CC1Oc1cc(Cl)c(Cl)cc1Cl. The third kappa shape index (κ3) is 2.32. The Bertz CT molecular complexity index is 466. The maximum atomic E-state index is 6.10. The molecule has 0 heterocycles. The second-order valence-electron chi connectivity index (χ2n) is 5.00. The Balaban J connectivity index is 2.18. The molecule has 18 heavy (non-hydrogen) atoms. The van der Waals surface area contributed by atoms with Crippen LogP contribution in [0, 0.1) is 5.41 Å². The molecule has 100 valence electrons. The second-order valence-corrected chi connectivity index (χ2v) is 6.23. The van der Waals surface area contributed by atoms with Crippen LogP contribution in [0.3, 0.4) is 0 Å². The van der Waals surface area contributed by atoms with Crippen LogP contribution in [-0.2, 0) is 0 Å². The van der Waals surface area contributed by atoms with E-state index in [0.29, 0.717) is 20.8 Å². The van der Waals surface area contributed by atoms with Crippen molar-refractivity contribution in [1.82, 2.24) is 0 Å². The van der Waals surface area contributed by atoms with Crippen molar-refractivity contribution in [3.63, 3.8) is 0 Å². The molecular weight excluding hydrogens is 293 g/mol. The van der Waals surface area contributed by atoms with Gasteiger partial charge in [-0.3, -0.25) is 0 Å². The van der Waals surface area contributed by atoms with Gasteiger partial charge in [0.15, 0.2) is 0 Å². The topological polar surface area (TPSA) is 35.2 Å². The average Bonchev–Trinajstić information content (AvgIpc) is 2.34. The largest absolute Gasteiger partial charge is 0.488 e. The van der Waals surface area contributed by atoms with Crippen LogP contribution in [0.15, 0.2) is 12.1 Å². The van der Waals surface area contributed by atoms with Crippen molar-refractivity contribution in [2.24, 2.45) is 11.1 Å².